The van der Waals surface area contributed by atoms with Crippen molar-refractivity contribution >= 4 is 16.7 Å². The summed E-state index contributed by atoms with van der Waals surface area (Å²) in [5.41, 5.74) is 4.75. The standard InChI is InChI=1S/C16H22N4O/c1-11-9-20(7-6-15(11)21)10-13-8-12-4-2-3-5-14(12)18-16(13)19-17/h2-5,8,11,15,21H,6-7,9-10,17H2,1H3,(H,18,19). The third kappa shape index (κ3) is 3.00. The van der Waals surface area contributed by atoms with Crippen molar-refractivity contribution in [3.63, 3.8) is 0 Å². The van der Waals surface area contributed by atoms with Crippen LogP contribution in [0.2, 0.25) is 0 Å². The largest absolute Gasteiger partial charge is 0.393 e. The van der Waals surface area contributed by atoms with Gasteiger partial charge >= 0.3 is 0 Å². The van der Waals surface area contributed by atoms with E-state index in [9.17, 15) is 5.11 Å². The molecule has 0 amide bonds. The monoisotopic (exact) mass is 286 g/mol. The van der Waals surface area contributed by atoms with Crippen LogP contribution >= 0.6 is 0 Å². The van der Waals surface area contributed by atoms with E-state index in [1.807, 2.05) is 18.2 Å². The number of hydrogen-bond donors (Lipinski definition) is 3. The number of likely N-dealkylation sites (tertiary alicyclic amines) is 1. The second-order valence-corrected chi connectivity index (χ2v) is 5.90. The number of hydrogen-bond acceptors (Lipinski definition) is 5. The molecule has 2 aromatic rings. The average Bonchev–Trinajstić information content (AvgIpc) is 2.50. The fourth-order valence-electron chi connectivity index (χ4n) is 3.01. The van der Waals surface area contributed by atoms with Gasteiger partial charge in [0.15, 0.2) is 0 Å². The highest BCUT2D eigenvalue weighted by atomic mass is 16.3. The number of anilines is 1. The lowest BCUT2D eigenvalue weighted by molar-refractivity contribution is 0.0321. The molecule has 2 heterocycles. The number of para-hydroxylation sites is 1. The molecule has 1 aromatic heterocycles. The summed E-state index contributed by atoms with van der Waals surface area (Å²) in [6.45, 7) is 4.70. The minimum absolute atomic E-state index is 0.178. The first kappa shape index (κ1) is 14.3. The van der Waals surface area contributed by atoms with Crippen LogP contribution in [0.4, 0.5) is 5.82 Å². The summed E-state index contributed by atoms with van der Waals surface area (Å²) in [5, 5.41) is 11.0. The number of rotatable bonds is 3. The molecule has 0 bridgehead atoms. The maximum Gasteiger partial charge on any atom is 0.145 e. The van der Waals surface area contributed by atoms with Crippen LogP contribution in [-0.4, -0.2) is 34.2 Å². The van der Waals surface area contributed by atoms with Crippen LogP contribution in [0, 0.1) is 5.92 Å². The van der Waals surface area contributed by atoms with Crippen LogP contribution in [0.5, 0.6) is 0 Å². The summed E-state index contributed by atoms with van der Waals surface area (Å²) in [6, 6.07) is 10.2. The SMILES string of the molecule is CC1CN(Cc2cc3ccccc3nc2NN)CCC1O. The number of nitrogens with two attached hydrogens (primary N) is 1. The fourth-order valence-corrected chi connectivity index (χ4v) is 3.01. The average molecular weight is 286 g/mol. The lowest BCUT2D eigenvalue weighted by Crippen LogP contribution is -2.41. The predicted octanol–water partition coefficient (Wildman–Crippen LogP) is 1.72. The van der Waals surface area contributed by atoms with Crippen molar-refractivity contribution in [2.24, 2.45) is 11.8 Å². The van der Waals surface area contributed by atoms with Crippen molar-refractivity contribution in [1.82, 2.24) is 9.88 Å². The zero-order chi connectivity index (χ0) is 14.8. The third-order valence-corrected chi connectivity index (χ3v) is 4.28. The fraction of sp³-hybridized carbons (Fsp3) is 0.438. The molecule has 0 radical (unpaired) electrons. The molecule has 1 fully saturated rings. The summed E-state index contributed by atoms with van der Waals surface area (Å²) in [7, 11) is 0. The van der Waals surface area contributed by atoms with E-state index in [0.717, 1.165) is 48.3 Å². The van der Waals surface area contributed by atoms with Crippen molar-refractivity contribution in [1.29, 1.82) is 0 Å². The molecule has 0 aliphatic carbocycles. The number of benzene rings is 1. The van der Waals surface area contributed by atoms with Gasteiger partial charge in [-0.2, -0.15) is 0 Å². The Morgan fingerprint density at radius 1 is 1.43 bits per heavy atom. The first-order valence-electron chi connectivity index (χ1n) is 7.43. The number of pyridine rings is 1. The highest BCUT2D eigenvalue weighted by Crippen LogP contribution is 2.24. The smallest absolute Gasteiger partial charge is 0.145 e. The van der Waals surface area contributed by atoms with Crippen LogP contribution in [0.15, 0.2) is 30.3 Å². The van der Waals surface area contributed by atoms with Crippen LogP contribution in [0.3, 0.4) is 0 Å². The second-order valence-electron chi connectivity index (χ2n) is 5.90. The molecular weight excluding hydrogens is 264 g/mol. The van der Waals surface area contributed by atoms with E-state index < -0.39 is 0 Å². The molecule has 21 heavy (non-hydrogen) atoms. The van der Waals surface area contributed by atoms with Gasteiger partial charge in [0.1, 0.15) is 5.82 Å². The Balaban J connectivity index is 1.85. The molecule has 4 N–H and O–H groups in total. The van der Waals surface area contributed by atoms with Gasteiger partial charge in [0, 0.05) is 30.6 Å². The maximum atomic E-state index is 9.83. The zero-order valence-electron chi connectivity index (χ0n) is 12.3. The number of aliphatic hydroxyl groups is 1. The molecule has 5 heteroatoms. The molecule has 5 nitrogen and oxygen atoms in total. The summed E-state index contributed by atoms with van der Waals surface area (Å²) in [5.74, 6) is 6.66. The van der Waals surface area contributed by atoms with Gasteiger partial charge in [-0.25, -0.2) is 10.8 Å². The van der Waals surface area contributed by atoms with E-state index in [0.29, 0.717) is 5.92 Å². The molecule has 0 saturated carbocycles. The topological polar surface area (TPSA) is 74.4 Å². The lowest BCUT2D eigenvalue weighted by atomic mass is 9.96. The van der Waals surface area contributed by atoms with Gasteiger partial charge in [0.05, 0.1) is 11.6 Å². The Morgan fingerprint density at radius 2 is 2.24 bits per heavy atom. The summed E-state index contributed by atoms with van der Waals surface area (Å²) < 4.78 is 0. The van der Waals surface area contributed by atoms with Crippen molar-refractivity contribution in [3.8, 4) is 0 Å². The maximum absolute atomic E-state index is 9.83. The van der Waals surface area contributed by atoms with Crippen LogP contribution < -0.4 is 11.3 Å². The third-order valence-electron chi connectivity index (χ3n) is 4.28. The van der Waals surface area contributed by atoms with E-state index in [4.69, 9.17) is 5.84 Å². The van der Waals surface area contributed by atoms with E-state index in [1.54, 1.807) is 0 Å². The van der Waals surface area contributed by atoms with Crippen LogP contribution in [0.25, 0.3) is 10.9 Å². The normalized spacial score (nSPS) is 23.4. The van der Waals surface area contributed by atoms with E-state index in [2.05, 4.69) is 34.4 Å². The number of nitrogens with zero attached hydrogens (tertiary/aromatic N) is 2. The minimum Gasteiger partial charge on any atom is -0.393 e. The Morgan fingerprint density at radius 3 is 3.00 bits per heavy atom. The summed E-state index contributed by atoms with van der Waals surface area (Å²) in [4.78, 5) is 6.93. The molecule has 1 aliphatic rings. The predicted molar refractivity (Wildman–Crippen MR) is 84.6 cm³/mol. The number of aromatic nitrogens is 1. The van der Waals surface area contributed by atoms with Gasteiger partial charge in [-0.1, -0.05) is 25.1 Å². The number of fused-ring (bicyclic) bond motifs is 1. The van der Waals surface area contributed by atoms with Crippen molar-refractivity contribution in [2.45, 2.75) is 26.0 Å². The number of hydrazine groups is 1. The highest BCUT2D eigenvalue weighted by Gasteiger charge is 2.24. The molecule has 3 rings (SSSR count). The molecule has 1 saturated heterocycles. The first-order valence-corrected chi connectivity index (χ1v) is 7.43. The lowest BCUT2D eigenvalue weighted by Gasteiger charge is -2.34. The van der Waals surface area contributed by atoms with Crippen molar-refractivity contribution < 1.29 is 5.11 Å². The first-order chi connectivity index (χ1) is 10.2. The Labute approximate surface area is 124 Å². The Hall–Kier alpha value is -1.69. The summed E-state index contributed by atoms with van der Waals surface area (Å²) >= 11 is 0. The van der Waals surface area contributed by atoms with Crippen molar-refractivity contribution in [2.75, 3.05) is 18.5 Å². The van der Waals surface area contributed by atoms with E-state index in [-0.39, 0.29) is 6.10 Å². The summed E-state index contributed by atoms with van der Waals surface area (Å²) in [6.07, 6.45) is 0.649. The van der Waals surface area contributed by atoms with E-state index >= 15 is 0 Å². The molecule has 2 unspecified atom stereocenters. The number of aliphatic hydroxyl groups excluding tert-OH is 1. The molecule has 2 atom stereocenters. The van der Waals surface area contributed by atoms with Gasteiger partial charge in [-0.05, 0) is 24.5 Å². The molecule has 1 aliphatic heterocycles. The van der Waals surface area contributed by atoms with Gasteiger partial charge < -0.3 is 10.5 Å². The number of nitrogen functional groups attached to an aromatic ring is 1. The second kappa shape index (κ2) is 5.97. The van der Waals surface area contributed by atoms with Gasteiger partial charge in [0.25, 0.3) is 0 Å². The molecular formula is C16H22N4O. The molecule has 1 aromatic carbocycles. The van der Waals surface area contributed by atoms with Crippen LogP contribution in [0.1, 0.15) is 18.9 Å². The Bertz CT molecular complexity index is 631. The van der Waals surface area contributed by atoms with Gasteiger partial charge in [0.2, 0.25) is 0 Å². The Kier molecular flexibility index (Phi) is 4.05. The minimum atomic E-state index is -0.178. The number of nitrogens with one attached hydrogen (secondary N) is 1. The van der Waals surface area contributed by atoms with Crippen LogP contribution in [-0.2, 0) is 6.54 Å². The van der Waals surface area contributed by atoms with Crippen molar-refractivity contribution in [3.05, 3.63) is 35.9 Å². The molecule has 0 spiro atoms. The highest BCUT2D eigenvalue weighted by molar-refractivity contribution is 5.81. The molecule has 112 valence electrons. The quantitative estimate of drug-likeness (QED) is 0.592. The van der Waals surface area contributed by atoms with Gasteiger partial charge in [-0.15, -0.1) is 0 Å². The zero-order valence-corrected chi connectivity index (χ0v) is 12.3. The van der Waals surface area contributed by atoms with Gasteiger partial charge in [-0.3, -0.25) is 4.90 Å². The number of piperidine rings is 1. The van der Waals surface area contributed by atoms with E-state index in [1.165, 1.54) is 0 Å².